The number of rotatable bonds is 6. The van der Waals surface area contributed by atoms with E-state index >= 15 is 0 Å². The molecule has 1 aliphatic rings. The van der Waals surface area contributed by atoms with E-state index in [4.69, 9.17) is 14.5 Å². The zero-order valence-corrected chi connectivity index (χ0v) is 15.3. The van der Waals surface area contributed by atoms with Gasteiger partial charge in [0, 0.05) is 0 Å². The summed E-state index contributed by atoms with van der Waals surface area (Å²) in [4.78, 5) is 57.5. The molecule has 2 aromatic heterocycles. The predicted octanol–water partition coefficient (Wildman–Crippen LogP) is -2.74. The van der Waals surface area contributed by atoms with Gasteiger partial charge in [0.15, 0.2) is 11.7 Å². The van der Waals surface area contributed by atoms with E-state index in [1.54, 1.807) is 0 Å². The van der Waals surface area contributed by atoms with Gasteiger partial charge in [-0.05, 0) is 0 Å². The maximum atomic E-state index is 11.7. The number of hydrogen-bond donors (Lipinski definition) is 7. The van der Waals surface area contributed by atoms with Gasteiger partial charge in [0.25, 0.3) is 5.56 Å². The molecule has 7 N–H and O–H groups in total. The minimum Gasteiger partial charge on any atom is -0.387 e. The number of nitrogens with zero attached hydrogens (tertiary/aromatic N) is 2. The molecular weight excluding hydrogens is 430 g/mol. The summed E-state index contributed by atoms with van der Waals surface area (Å²) in [6, 6.07) is 0. The van der Waals surface area contributed by atoms with E-state index in [-0.39, 0.29) is 11.2 Å². The van der Waals surface area contributed by atoms with Crippen molar-refractivity contribution in [3.05, 3.63) is 27.2 Å². The average Bonchev–Trinajstić information content (AvgIpc) is 3.06. The Kier molecular flexibility index (Phi) is 5.46. The first-order chi connectivity index (χ1) is 12.9. The number of aliphatic hydroxyl groups is 2. The summed E-state index contributed by atoms with van der Waals surface area (Å²) >= 11 is 0. The lowest BCUT2D eigenvalue weighted by Gasteiger charge is -2.17. The molecule has 16 nitrogen and oxygen atoms in total. The third-order valence-corrected chi connectivity index (χ3v) is 5.84. The van der Waals surface area contributed by atoms with Crippen LogP contribution < -0.4 is 11.2 Å². The van der Waals surface area contributed by atoms with Crippen LogP contribution in [-0.2, 0) is 22.7 Å². The molecule has 0 aliphatic carbocycles. The fourth-order valence-corrected chi connectivity index (χ4v) is 4.17. The van der Waals surface area contributed by atoms with Gasteiger partial charge in [0.1, 0.15) is 24.0 Å². The van der Waals surface area contributed by atoms with Gasteiger partial charge in [0.05, 0.1) is 12.9 Å². The predicted molar refractivity (Wildman–Crippen MR) is 85.8 cm³/mol. The average molecular weight is 444 g/mol. The molecule has 3 heterocycles. The smallest absolute Gasteiger partial charge is 0.387 e. The summed E-state index contributed by atoms with van der Waals surface area (Å²) in [6.45, 7) is -0.897. The van der Waals surface area contributed by atoms with Crippen molar-refractivity contribution in [1.29, 1.82) is 0 Å². The Balaban J connectivity index is 1.80. The van der Waals surface area contributed by atoms with Crippen LogP contribution in [0.5, 0.6) is 0 Å². The number of hydrogen-bond acceptors (Lipinski definition) is 10. The SMILES string of the molecule is O=c1[nH]c(=O)c2ncn([C@@H]3O[C@H](COP(=O)(O)OP(=O)(O)O)[C@H](O)[C@@H]3O)c2[nH]1. The lowest BCUT2D eigenvalue weighted by atomic mass is 10.1. The molecule has 0 amide bonds. The molecule has 0 radical (unpaired) electrons. The highest BCUT2D eigenvalue weighted by Gasteiger charge is 2.46. The Morgan fingerprint density at radius 1 is 1.18 bits per heavy atom. The van der Waals surface area contributed by atoms with Gasteiger partial charge in [-0.3, -0.25) is 23.9 Å². The van der Waals surface area contributed by atoms with Crippen LogP contribution in [0.2, 0.25) is 0 Å². The molecule has 18 heteroatoms. The van der Waals surface area contributed by atoms with E-state index in [1.807, 2.05) is 4.98 Å². The van der Waals surface area contributed by atoms with Crippen LogP contribution in [0.25, 0.3) is 11.2 Å². The number of imidazole rings is 1. The van der Waals surface area contributed by atoms with E-state index < -0.39 is 58.0 Å². The molecule has 0 bridgehead atoms. The Morgan fingerprint density at radius 3 is 2.50 bits per heavy atom. The van der Waals surface area contributed by atoms with E-state index in [0.29, 0.717) is 0 Å². The van der Waals surface area contributed by atoms with Crippen molar-refractivity contribution in [2.75, 3.05) is 6.61 Å². The van der Waals surface area contributed by atoms with Crippen LogP contribution in [-0.4, -0.2) is 69.3 Å². The number of phosphoric acid groups is 2. The highest BCUT2D eigenvalue weighted by Crippen LogP contribution is 2.57. The first-order valence-corrected chi connectivity index (χ1v) is 10.4. The molecule has 156 valence electrons. The van der Waals surface area contributed by atoms with Crippen molar-refractivity contribution in [3.8, 4) is 0 Å². The van der Waals surface area contributed by atoms with Crippen molar-refractivity contribution in [2.24, 2.45) is 0 Å². The van der Waals surface area contributed by atoms with Gasteiger partial charge in [-0.2, -0.15) is 4.31 Å². The first kappa shape index (κ1) is 21.0. The van der Waals surface area contributed by atoms with Crippen LogP contribution in [0.15, 0.2) is 15.9 Å². The fraction of sp³-hybridized carbons (Fsp3) is 0.500. The molecule has 5 atom stereocenters. The summed E-state index contributed by atoms with van der Waals surface area (Å²) in [5, 5.41) is 20.2. The normalized spacial score (nSPS) is 27.9. The molecule has 0 aromatic carbocycles. The number of aliphatic hydroxyl groups excluding tert-OH is 2. The van der Waals surface area contributed by atoms with E-state index in [9.17, 15) is 33.8 Å². The second-order valence-electron chi connectivity index (χ2n) is 5.64. The molecule has 1 fully saturated rings. The van der Waals surface area contributed by atoms with Gasteiger partial charge in [0.2, 0.25) is 0 Å². The number of fused-ring (bicyclic) bond motifs is 1. The van der Waals surface area contributed by atoms with Gasteiger partial charge < -0.3 is 29.6 Å². The third-order valence-electron chi connectivity index (χ3n) is 3.69. The lowest BCUT2D eigenvalue weighted by molar-refractivity contribution is -0.0503. The van der Waals surface area contributed by atoms with E-state index in [1.165, 1.54) is 0 Å². The number of ether oxygens (including phenoxy) is 1. The number of aromatic amines is 2. The molecular formula is C10H14N4O12P2. The van der Waals surface area contributed by atoms with Crippen molar-refractivity contribution in [1.82, 2.24) is 19.5 Å². The third kappa shape index (κ3) is 4.31. The van der Waals surface area contributed by atoms with Gasteiger partial charge >= 0.3 is 21.3 Å². The van der Waals surface area contributed by atoms with Crippen molar-refractivity contribution in [3.63, 3.8) is 0 Å². The molecule has 2 aromatic rings. The van der Waals surface area contributed by atoms with Crippen LogP contribution in [0.3, 0.4) is 0 Å². The summed E-state index contributed by atoms with van der Waals surface area (Å²) < 4.78 is 36.4. The highest BCUT2D eigenvalue weighted by molar-refractivity contribution is 7.60. The maximum Gasteiger partial charge on any atom is 0.481 e. The van der Waals surface area contributed by atoms with Crippen molar-refractivity contribution >= 4 is 26.8 Å². The van der Waals surface area contributed by atoms with Crippen LogP contribution >= 0.6 is 15.6 Å². The van der Waals surface area contributed by atoms with Gasteiger partial charge in [-0.1, -0.05) is 0 Å². The topological polar surface area (TPSA) is 247 Å². The largest absolute Gasteiger partial charge is 0.481 e. The standard InChI is InChI=1S/C10H14N4O12P2/c15-5-3(1-24-28(22,23)26-27(19,20)21)25-9(6(5)16)14-2-11-4-7(14)12-10(18)13-8(4)17/h2-3,5-6,9,15-16H,1H2,(H,22,23)(H2,19,20,21)(H2,12,13,17,18)/t3-,5+,6+,9-/m1/s1. The molecule has 0 saturated carbocycles. The molecule has 0 spiro atoms. The minimum atomic E-state index is -5.33. The first-order valence-electron chi connectivity index (χ1n) is 7.33. The number of nitrogens with one attached hydrogen (secondary N) is 2. The quantitative estimate of drug-likeness (QED) is 0.224. The second-order valence-corrected chi connectivity index (χ2v) is 8.47. The highest BCUT2D eigenvalue weighted by atomic mass is 31.3. The Hall–Kier alpha value is -1.71. The van der Waals surface area contributed by atoms with Crippen molar-refractivity contribution < 1.29 is 47.6 Å². The number of H-pyrrole nitrogens is 2. The van der Waals surface area contributed by atoms with Crippen LogP contribution in [0.4, 0.5) is 0 Å². The van der Waals surface area contributed by atoms with Gasteiger partial charge in [-0.15, -0.1) is 0 Å². The summed E-state index contributed by atoms with van der Waals surface area (Å²) in [5.74, 6) is 0. The van der Waals surface area contributed by atoms with Crippen LogP contribution in [0.1, 0.15) is 6.23 Å². The van der Waals surface area contributed by atoms with E-state index in [2.05, 4.69) is 18.8 Å². The van der Waals surface area contributed by atoms with Crippen molar-refractivity contribution in [2.45, 2.75) is 24.5 Å². The maximum absolute atomic E-state index is 11.7. The zero-order valence-electron chi connectivity index (χ0n) is 13.5. The zero-order chi connectivity index (χ0) is 20.9. The molecule has 1 aliphatic heterocycles. The lowest BCUT2D eigenvalue weighted by Crippen LogP contribution is -2.33. The number of phosphoric ester groups is 1. The summed E-state index contributed by atoms with van der Waals surface area (Å²) in [7, 11) is -10.5. The number of aromatic nitrogens is 4. The molecule has 3 rings (SSSR count). The molecule has 1 saturated heterocycles. The summed E-state index contributed by atoms with van der Waals surface area (Å²) in [6.07, 6.45) is -5.09. The minimum absolute atomic E-state index is 0.121. The molecule has 28 heavy (non-hydrogen) atoms. The second kappa shape index (κ2) is 7.27. The van der Waals surface area contributed by atoms with E-state index in [0.717, 1.165) is 10.9 Å². The Labute approximate surface area is 153 Å². The monoisotopic (exact) mass is 444 g/mol. The Morgan fingerprint density at radius 2 is 1.86 bits per heavy atom. The fourth-order valence-electron chi connectivity index (χ4n) is 2.57. The Bertz CT molecular complexity index is 1090. The van der Waals surface area contributed by atoms with Crippen LogP contribution in [0, 0.1) is 0 Å². The molecule has 1 unspecified atom stereocenters. The summed E-state index contributed by atoms with van der Waals surface area (Å²) in [5.41, 5.74) is -1.96. The van der Waals surface area contributed by atoms with Gasteiger partial charge in [-0.25, -0.2) is 18.9 Å².